The van der Waals surface area contributed by atoms with Crippen LogP contribution in [0.3, 0.4) is 0 Å². The average molecular weight is 308 g/mol. The van der Waals surface area contributed by atoms with Crippen molar-refractivity contribution in [3.05, 3.63) is 0 Å². The predicted octanol–water partition coefficient (Wildman–Crippen LogP) is 2.54. The third-order valence-corrected chi connectivity index (χ3v) is 3.96. The minimum absolute atomic E-state index is 0.639. The zero-order valence-electron chi connectivity index (χ0n) is 12.8. The Morgan fingerprint density at radius 2 is 1.55 bits per heavy atom. The predicted molar refractivity (Wildman–Crippen MR) is 82.7 cm³/mol. The van der Waals surface area contributed by atoms with Crippen LogP contribution in [0.5, 0.6) is 0 Å². The smallest absolute Gasteiger partial charge is 0.0701 e. The third kappa shape index (κ3) is 8.42. The van der Waals surface area contributed by atoms with Gasteiger partial charge in [0, 0.05) is 32.1 Å². The van der Waals surface area contributed by atoms with Gasteiger partial charge in [0.05, 0.1) is 33.0 Å². The van der Waals surface area contributed by atoms with E-state index in [0.717, 1.165) is 19.7 Å². The number of hydrogen-bond donors (Lipinski definition) is 0. The topological polar surface area (TPSA) is 30.9 Å². The van der Waals surface area contributed by atoms with Gasteiger partial charge in [-0.2, -0.15) is 0 Å². The van der Waals surface area contributed by atoms with E-state index in [2.05, 4.69) is 4.90 Å². The van der Waals surface area contributed by atoms with Gasteiger partial charge in [0.1, 0.15) is 0 Å². The second kappa shape index (κ2) is 12.8. The fourth-order valence-corrected chi connectivity index (χ4v) is 2.89. The molecule has 0 amide bonds. The number of nitrogens with zero attached hydrogens (tertiary/aromatic N) is 1. The van der Waals surface area contributed by atoms with Crippen molar-refractivity contribution in [2.45, 2.75) is 38.1 Å². The fraction of sp³-hybridized carbons (Fsp3) is 1.00. The van der Waals surface area contributed by atoms with Gasteiger partial charge in [-0.1, -0.05) is 19.3 Å². The van der Waals surface area contributed by atoms with Gasteiger partial charge in [0.25, 0.3) is 0 Å². The van der Waals surface area contributed by atoms with Crippen molar-refractivity contribution < 1.29 is 14.2 Å². The summed E-state index contributed by atoms with van der Waals surface area (Å²) in [5, 5.41) is 0. The molecule has 120 valence electrons. The lowest BCUT2D eigenvalue weighted by Gasteiger charge is -2.33. The van der Waals surface area contributed by atoms with E-state index in [-0.39, 0.29) is 0 Å². The van der Waals surface area contributed by atoms with Gasteiger partial charge in [0.15, 0.2) is 0 Å². The van der Waals surface area contributed by atoms with Crippen LogP contribution in [-0.2, 0) is 14.2 Å². The van der Waals surface area contributed by atoms with Gasteiger partial charge in [-0.05, 0) is 12.8 Å². The first kappa shape index (κ1) is 18.2. The monoisotopic (exact) mass is 307 g/mol. The van der Waals surface area contributed by atoms with Crippen molar-refractivity contribution in [1.82, 2.24) is 4.90 Å². The number of halogens is 1. The Balaban J connectivity index is 2.03. The van der Waals surface area contributed by atoms with Crippen LogP contribution in [0.4, 0.5) is 0 Å². The molecule has 0 aromatic rings. The van der Waals surface area contributed by atoms with Crippen molar-refractivity contribution in [2.75, 3.05) is 59.1 Å². The second-order valence-electron chi connectivity index (χ2n) is 5.23. The maximum atomic E-state index is 5.91. The molecule has 5 heteroatoms. The van der Waals surface area contributed by atoms with Gasteiger partial charge in [0.2, 0.25) is 0 Å². The molecule has 1 saturated carbocycles. The number of methoxy groups -OCH3 is 1. The van der Waals surface area contributed by atoms with Gasteiger partial charge in [-0.25, -0.2) is 0 Å². The van der Waals surface area contributed by atoms with Gasteiger partial charge in [-0.15, -0.1) is 11.6 Å². The fourth-order valence-electron chi connectivity index (χ4n) is 2.68. The van der Waals surface area contributed by atoms with E-state index >= 15 is 0 Å². The molecule has 0 heterocycles. The molecule has 0 aromatic heterocycles. The highest BCUT2D eigenvalue weighted by molar-refractivity contribution is 6.18. The van der Waals surface area contributed by atoms with Crippen molar-refractivity contribution in [1.29, 1.82) is 0 Å². The lowest BCUT2D eigenvalue weighted by Crippen LogP contribution is -2.40. The van der Waals surface area contributed by atoms with E-state index in [4.69, 9.17) is 25.8 Å². The largest absolute Gasteiger partial charge is 0.382 e. The van der Waals surface area contributed by atoms with Crippen LogP contribution in [0.15, 0.2) is 0 Å². The SMILES string of the molecule is COCCOCCOCCN(CCCl)C1CCCCC1. The quantitative estimate of drug-likeness (QED) is 0.409. The molecule has 0 atom stereocenters. The lowest BCUT2D eigenvalue weighted by atomic mass is 9.94. The highest BCUT2D eigenvalue weighted by Crippen LogP contribution is 2.22. The maximum Gasteiger partial charge on any atom is 0.0701 e. The van der Waals surface area contributed by atoms with Crippen molar-refractivity contribution >= 4 is 11.6 Å². The Morgan fingerprint density at radius 1 is 0.900 bits per heavy atom. The second-order valence-corrected chi connectivity index (χ2v) is 5.61. The van der Waals surface area contributed by atoms with Crippen LogP contribution in [0.2, 0.25) is 0 Å². The Kier molecular flexibility index (Phi) is 11.7. The van der Waals surface area contributed by atoms with Crippen LogP contribution in [0, 0.1) is 0 Å². The molecule has 1 rings (SSSR count). The summed E-state index contributed by atoms with van der Waals surface area (Å²) in [6, 6.07) is 0.712. The maximum absolute atomic E-state index is 5.91. The van der Waals surface area contributed by atoms with Gasteiger partial charge >= 0.3 is 0 Å². The minimum Gasteiger partial charge on any atom is -0.382 e. The van der Waals surface area contributed by atoms with E-state index in [0.29, 0.717) is 38.3 Å². The Morgan fingerprint density at radius 3 is 2.20 bits per heavy atom. The molecule has 0 aliphatic heterocycles. The molecule has 0 aromatic carbocycles. The molecular formula is C15H30ClNO3. The first-order chi connectivity index (χ1) is 9.88. The van der Waals surface area contributed by atoms with E-state index in [1.807, 2.05) is 0 Å². The van der Waals surface area contributed by atoms with Crippen molar-refractivity contribution in [3.63, 3.8) is 0 Å². The summed E-state index contributed by atoms with van der Waals surface area (Å²) in [4.78, 5) is 2.50. The first-order valence-electron chi connectivity index (χ1n) is 7.83. The minimum atomic E-state index is 0.639. The zero-order valence-corrected chi connectivity index (χ0v) is 13.6. The Hall–Kier alpha value is 0.130. The molecule has 1 aliphatic rings. The molecule has 1 aliphatic carbocycles. The normalized spacial score (nSPS) is 16.9. The number of hydrogen-bond acceptors (Lipinski definition) is 4. The zero-order chi connectivity index (χ0) is 14.5. The summed E-state index contributed by atoms with van der Waals surface area (Å²) in [5.41, 5.74) is 0. The average Bonchev–Trinajstić information content (AvgIpc) is 2.50. The standard InChI is InChI=1S/C15H30ClNO3/c1-18-11-12-20-14-13-19-10-9-17(8-7-16)15-5-3-2-4-6-15/h15H,2-14H2,1H3. The third-order valence-electron chi connectivity index (χ3n) is 3.79. The summed E-state index contributed by atoms with van der Waals surface area (Å²) in [7, 11) is 1.68. The van der Waals surface area contributed by atoms with Gasteiger partial charge < -0.3 is 14.2 Å². The van der Waals surface area contributed by atoms with Crippen molar-refractivity contribution in [3.8, 4) is 0 Å². The number of alkyl halides is 1. The van der Waals surface area contributed by atoms with Crippen LogP contribution in [0.25, 0.3) is 0 Å². The van der Waals surface area contributed by atoms with E-state index < -0.39 is 0 Å². The summed E-state index contributed by atoms with van der Waals surface area (Å²) in [6.45, 7) is 5.30. The molecule has 0 unspecified atom stereocenters. The number of ether oxygens (including phenoxy) is 3. The molecule has 0 N–H and O–H groups in total. The van der Waals surface area contributed by atoms with E-state index in [9.17, 15) is 0 Å². The Labute approximate surface area is 128 Å². The molecule has 20 heavy (non-hydrogen) atoms. The summed E-state index contributed by atoms with van der Waals surface area (Å²) < 4.78 is 15.9. The van der Waals surface area contributed by atoms with Crippen molar-refractivity contribution in [2.24, 2.45) is 0 Å². The highest BCUT2D eigenvalue weighted by atomic mass is 35.5. The van der Waals surface area contributed by atoms with E-state index in [1.54, 1.807) is 7.11 Å². The first-order valence-corrected chi connectivity index (χ1v) is 8.36. The summed E-state index contributed by atoms with van der Waals surface area (Å²) >= 11 is 5.91. The molecule has 1 fully saturated rings. The lowest BCUT2D eigenvalue weighted by molar-refractivity contribution is 0.0154. The molecule has 0 saturated heterocycles. The Bertz CT molecular complexity index is 213. The van der Waals surface area contributed by atoms with Crippen LogP contribution in [-0.4, -0.2) is 70.1 Å². The number of rotatable bonds is 12. The molecule has 4 nitrogen and oxygen atoms in total. The summed E-state index contributed by atoms with van der Waals surface area (Å²) in [5.74, 6) is 0.705. The van der Waals surface area contributed by atoms with Crippen LogP contribution in [0.1, 0.15) is 32.1 Å². The van der Waals surface area contributed by atoms with E-state index in [1.165, 1.54) is 32.1 Å². The van der Waals surface area contributed by atoms with Gasteiger partial charge in [-0.3, -0.25) is 4.90 Å². The molecule has 0 radical (unpaired) electrons. The highest BCUT2D eigenvalue weighted by Gasteiger charge is 2.20. The van der Waals surface area contributed by atoms with Crippen LogP contribution >= 0.6 is 11.6 Å². The molecule has 0 spiro atoms. The molecular weight excluding hydrogens is 278 g/mol. The summed E-state index contributed by atoms with van der Waals surface area (Å²) in [6.07, 6.45) is 6.74. The van der Waals surface area contributed by atoms with Crippen LogP contribution < -0.4 is 0 Å². The molecule has 0 bridgehead atoms.